The summed E-state index contributed by atoms with van der Waals surface area (Å²) in [5, 5.41) is 0. The van der Waals surface area contributed by atoms with E-state index < -0.39 is 11.7 Å². The van der Waals surface area contributed by atoms with Crippen LogP contribution in [0.1, 0.15) is 29.3 Å². The molecule has 8 heteroatoms. The van der Waals surface area contributed by atoms with Crippen LogP contribution in [0.4, 0.5) is 18.9 Å². The van der Waals surface area contributed by atoms with E-state index in [0.717, 1.165) is 40.3 Å². The number of ether oxygens (including phenoxy) is 1. The number of benzene rings is 3. The quantitative estimate of drug-likeness (QED) is 0.343. The number of carbonyl (C=O) groups excluding carboxylic acids is 1. The van der Waals surface area contributed by atoms with Crippen LogP contribution in [0.2, 0.25) is 0 Å². The molecule has 5 rings (SSSR count). The number of aromatic nitrogens is 2. The first-order valence-corrected chi connectivity index (χ1v) is 11.4. The van der Waals surface area contributed by atoms with Crippen molar-refractivity contribution in [3.8, 4) is 5.75 Å². The van der Waals surface area contributed by atoms with Gasteiger partial charge in [-0.25, -0.2) is 4.98 Å². The van der Waals surface area contributed by atoms with Gasteiger partial charge < -0.3 is 14.2 Å². The number of nitrogens with zero attached hydrogens (tertiary/aromatic N) is 3. The number of hydrogen-bond acceptors (Lipinski definition) is 3. The van der Waals surface area contributed by atoms with Crippen molar-refractivity contribution in [1.82, 2.24) is 9.55 Å². The Morgan fingerprint density at radius 3 is 2.57 bits per heavy atom. The summed E-state index contributed by atoms with van der Waals surface area (Å²) < 4.78 is 47.6. The number of rotatable bonds is 6. The molecule has 35 heavy (non-hydrogen) atoms. The van der Waals surface area contributed by atoms with Crippen molar-refractivity contribution in [2.45, 2.75) is 32.0 Å². The fraction of sp³-hybridized carbons (Fsp3) is 0.259. The Morgan fingerprint density at radius 1 is 1.03 bits per heavy atom. The van der Waals surface area contributed by atoms with E-state index in [1.165, 1.54) is 17.0 Å². The van der Waals surface area contributed by atoms with E-state index in [2.05, 4.69) is 4.57 Å². The second kappa shape index (κ2) is 9.09. The van der Waals surface area contributed by atoms with Gasteiger partial charge in [0.05, 0.1) is 23.1 Å². The van der Waals surface area contributed by atoms with Crippen molar-refractivity contribution < 1.29 is 22.7 Å². The largest absolute Gasteiger partial charge is 0.492 e. The van der Waals surface area contributed by atoms with Crippen LogP contribution >= 0.6 is 0 Å². The van der Waals surface area contributed by atoms with Crippen molar-refractivity contribution in [3.05, 3.63) is 89.7 Å². The van der Waals surface area contributed by atoms with Gasteiger partial charge in [-0.3, -0.25) is 4.79 Å². The number of aryl methyl sites for hydroxylation is 1. The zero-order valence-corrected chi connectivity index (χ0v) is 19.1. The van der Waals surface area contributed by atoms with Crippen LogP contribution in [-0.4, -0.2) is 28.6 Å². The molecular formula is C27H24F3N3O2. The summed E-state index contributed by atoms with van der Waals surface area (Å²) in [4.78, 5) is 19.1. The molecule has 1 aliphatic heterocycles. The number of alkyl halides is 3. The second-order valence-corrected chi connectivity index (χ2v) is 8.73. The first-order valence-electron chi connectivity index (χ1n) is 11.4. The molecule has 5 nitrogen and oxygen atoms in total. The highest BCUT2D eigenvalue weighted by Crippen LogP contribution is 2.36. The maximum Gasteiger partial charge on any atom is 0.416 e. The number of hydrogen-bond donors (Lipinski definition) is 0. The van der Waals surface area contributed by atoms with Gasteiger partial charge in [-0.15, -0.1) is 0 Å². The second-order valence-electron chi connectivity index (χ2n) is 8.73. The van der Waals surface area contributed by atoms with Crippen LogP contribution in [-0.2, 0) is 17.5 Å². The first-order chi connectivity index (χ1) is 16.8. The highest BCUT2D eigenvalue weighted by atomic mass is 19.4. The van der Waals surface area contributed by atoms with Crippen LogP contribution in [0.5, 0.6) is 5.75 Å². The molecule has 3 aromatic carbocycles. The molecule has 1 aliphatic rings. The third kappa shape index (κ3) is 4.73. The highest BCUT2D eigenvalue weighted by Gasteiger charge is 2.36. The van der Waals surface area contributed by atoms with Gasteiger partial charge in [0, 0.05) is 24.6 Å². The molecule has 1 atom stereocenters. The van der Waals surface area contributed by atoms with Crippen molar-refractivity contribution in [1.29, 1.82) is 0 Å². The predicted octanol–water partition coefficient (Wildman–Crippen LogP) is 5.96. The molecule has 0 bridgehead atoms. The van der Waals surface area contributed by atoms with E-state index in [1.54, 1.807) is 0 Å². The lowest BCUT2D eigenvalue weighted by Gasteiger charge is -2.19. The SMILES string of the molecule is Cc1ccc(OCCn2c([C@@H]3CC(=O)N(c4cccc(C(F)(F)F)c4)C3)nc3ccccc32)cc1. The normalized spacial score (nSPS) is 16.3. The van der Waals surface area contributed by atoms with E-state index >= 15 is 0 Å². The average molecular weight is 480 g/mol. The molecule has 4 aromatic rings. The highest BCUT2D eigenvalue weighted by molar-refractivity contribution is 5.96. The molecule has 0 spiro atoms. The van der Waals surface area contributed by atoms with Gasteiger partial charge in [0.15, 0.2) is 0 Å². The van der Waals surface area contributed by atoms with Crippen molar-refractivity contribution in [3.63, 3.8) is 0 Å². The summed E-state index contributed by atoms with van der Waals surface area (Å²) in [7, 11) is 0. The third-order valence-corrected chi connectivity index (χ3v) is 6.26. The Labute approximate surface area is 200 Å². The molecule has 1 fully saturated rings. The average Bonchev–Trinajstić information content (AvgIpc) is 3.40. The minimum absolute atomic E-state index is 0.179. The lowest BCUT2D eigenvalue weighted by molar-refractivity contribution is -0.137. The topological polar surface area (TPSA) is 47.4 Å². The van der Waals surface area contributed by atoms with Crippen LogP contribution in [0.25, 0.3) is 11.0 Å². The molecule has 0 aliphatic carbocycles. The molecule has 0 N–H and O–H groups in total. The molecule has 0 radical (unpaired) electrons. The Morgan fingerprint density at radius 2 is 1.80 bits per heavy atom. The van der Waals surface area contributed by atoms with E-state index in [4.69, 9.17) is 9.72 Å². The molecule has 180 valence electrons. The van der Waals surface area contributed by atoms with E-state index in [0.29, 0.717) is 13.2 Å². The summed E-state index contributed by atoms with van der Waals surface area (Å²) in [6, 6.07) is 20.4. The summed E-state index contributed by atoms with van der Waals surface area (Å²) in [5.74, 6) is 1.04. The van der Waals surface area contributed by atoms with Gasteiger partial charge in [-0.2, -0.15) is 13.2 Å². The van der Waals surface area contributed by atoms with Crippen LogP contribution in [0.3, 0.4) is 0 Å². The number of imidazole rings is 1. The van der Waals surface area contributed by atoms with Gasteiger partial charge in [-0.1, -0.05) is 35.9 Å². The Kier molecular flexibility index (Phi) is 5.96. The van der Waals surface area contributed by atoms with Crippen LogP contribution in [0, 0.1) is 6.92 Å². The molecular weight excluding hydrogens is 455 g/mol. The maximum atomic E-state index is 13.2. The molecule has 0 saturated carbocycles. The third-order valence-electron chi connectivity index (χ3n) is 6.26. The number of fused-ring (bicyclic) bond motifs is 1. The number of amides is 1. The van der Waals surface area contributed by atoms with E-state index in [1.807, 2.05) is 55.5 Å². The summed E-state index contributed by atoms with van der Waals surface area (Å²) in [6.07, 6.45) is -4.29. The molecule has 1 saturated heterocycles. The lowest BCUT2D eigenvalue weighted by Crippen LogP contribution is -2.25. The number of halogens is 3. The Balaban J connectivity index is 1.39. The molecule has 1 aromatic heterocycles. The van der Waals surface area contributed by atoms with Gasteiger partial charge >= 0.3 is 6.18 Å². The molecule has 2 heterocycles. The van der Waals surface area contributed by atoms with E-state index in [9.17, 15) is 18.0 Å². The van der Waals surface area contributed by atoms with Crippen molar-refractivity contribution in [2.24, 2.45) is 0 Å². The fourth-order valence-corrected chi connectivity index (χ4v) is 4.51. The smallest absolute Gasteiger partial charge is 0.416 e. The zero-order chi connectivity index (χ0) is 24.6. The monoisotopic (exact) mass is 479 g/mol. The minimum atomic E-state index is -4.47. The zero-order valence-electron chi connectivity index (χ0n) is 19.1. The van der Waals surface area contributed by atoms with E-state index in [-0.39, 0.29) is 30.5 Å². The molecule has 0 unspecified atom stereocenters. The Bertz CT molecular complexity index is 1360. The molecule has 1 amide bonds. The standard InChI is InChI=1S/C27H24F3N3O2/c1-18-9-11-22(12-10-18)35-14-13-32-24-8-3-2-7-23(24)31-26(32)19-15-25(34)33(17-19)21-6-4-5-20(16-21)27(28,29)30/h2-12,16,19H,13-15,17H2,1H3/t19-/m1/s1. The summed E-state index contributed by atoms with van der Waals surface area (Å²) in [5.41, 5.74) is 2.36. The van der Waals surface area contributed by atoms with Gasteiger partial charge in [0.25, 0.3) is 0 Å². The summed E-state index contributed by atoms with van der Waals surface area (Å²) >= 11 is 0. The van der Waals surface area contributed by atoms with Crippen LogP contribution < -0.4 is 9.64 Å². The number of carbonyl (C=O) groups is 1. The fourth-order valence-electron chi connectivity index (χ4n) is 4.51. The maximum absolute atomic E-state index is 13.2. The van der Waals surface area contributed by atoms with Gasteiger partial charge in [0.1, 0.15) is 18.2 Å². The van der Waals surface area contributed by atoms with Gasteiger partial charge in [0.2, 0.25) is 5.91 Å². The predicted molar refractivity (Wildman–Crippen MR) is 128 cm³/mol. The van der Waals surface area contributed by atoms with Crippen LogP contribution in [0.15, 0.2) is 72.8 Å². The van der Waals surface area contributed by atoms with Crippen molar-refractivity contribution >= 4 is 22.6 Å². The number of anilines is 1. The van der Waals surface area contributed by atoms with Crippen molar-refractivity contribution in [2.75, 3.05) is 18.1 Å². The Hall–Kier alpha value is -3.81. The minimum Gasteiger partial charge on any atom is -0.492 e. The summed E-state index contributed by atoms with van der Waals surface area (Å²) in [6.45, 7) is 3.22. The van der Waals surface area contributed by atoms with Gasteiger partial charge in [-0.05, 0) is 49.4 Å². The first kappa shape index (κ1) is 23.0. The number of para-hydroxylation sites is 2. The lowest BCUT2D eigenvalue weighted by atomic mass is 10.1.